The Morgan fingerprint density at radius 2 is 0.933 bits per heavy atom. The number of rotatable bonds is 20. The van der Waals surface area contributed by atoms with Crippen LogP contribution in [0.1, 0.15) is 111 Å². The molecule has 0 aromatic rings. The maximum absolute atomic E-state index is 6.26. The van der Waals surface area contributed by atoms with Gasteiger partial charge in [0.1, 0.15) is 0 Å². The van der Waals surface area contributed by atoms with Gasteiger partial charge in [0.25, 0.3) is 0 Å². The van der Waals surface area contributed by atoms with Gasteiger partial charge in [-0.2, -0.15) is 0 Å². The van der Waals surface area contributed by atoms with Crippen molar-refractivity contribution in [3.63, 3.8) is 0 Å². The van der Waals surface area contributed by atoms with Gasteiger partial charge in [0.05, 0.1) is 0 Å². The second kappa shape index (κ2) is 18.5. The van der Waals surface area contributed by atoms with E-state index in [1.54, 1.807) is 0 Å². The minimum atomic E-state index is -2.59. The van der Waals surface area contributed by atoms with Crippen LogP contribution in [0.5, 0.6) is 0 Å². The SMILES string of the molecule is CCCCCCC(CC[Si](Cl)(Cl)Cl)CC(CC[Si](Cl)(Cl)Cl)CC(CCC)CCCC. The molecule has 0 heterocycles. The van der Waals surface area contributed by atoms with E-state index in [-0.39, 0.29) is 0 Å². The molecule has 8 heteroatoms. The Balaban J connectivity index is 5.12. The van der Waals surface area contributed by atoms with Crippen molar-refractivity contribution in [2.45, 2.75) is 123 Å². The molecule has 30 heavy (non-hydrogen) atoms. The average Bonchev–Trinajstić information content (AvgIpc) is 2.64. The lowest BCUT2D eigenvalue weighted by atomic mass is 9.80. The maximum atomic E-state index is 6.26. The van der Waals surface area contributed by atoms with Crippen molar-refractivity contribution in [1.82, 2.24) is 0 Å². The monoisotopic (exact) mass is 574 g/mol. The summed E-state index contributed by atoms with van der Waals surface area (Å²) in [6, 6.07) is -3.65. The molecular formula is C22H44Cl6Si2. The van der Waals surface area contributed by atoms with E-state index in [4.69, 9.17) is 66.5 Å². The normalized spacial score (nSPS) is 15.9. The van der Waals surface area contributed by atoms with Crippen LogP contribution in [0.3, 0.4) is 0 Å². The van der Waals surface area contributed by atoms with E-state index < -0.39 is 12.0 Å². The Labute approximate surface area is 217 Å². The van der Waals surface area contributed by atoms with E-state index in [2.05, 4.69) is 20.8 Å². The van der Waals surface area contributed by atoms with Crippen LogP contribution in [-0.4, -0.2) is 12.0 Å². The van der Waals surface area contributed by atoms with Gasteiger partial charge in [-0.15, -0.1) is 66.5 Å². The summed E-state index contributed by atoms with van der Waals surface area (Å²) in [5.74, 6) is 2.04. The minimum absolute atomic E-state index is 0.620. The minimum Gasteiger partial charge on any atom is -0.126 e. The number of hydrogen-bond donors (Lipinski definition) is 0. The Bertz CT molecular complexity index is 398. The highest BCUT2D eigenvalue weighted by Gasteiger charge is 2.30. The molecule has 0 saturated heterocycles. The van der Waals surface area contributed by atoms with Crippen molar-refractivity contribution in [2.75, 3.05) is 0 Å². The second-order valence-corrected chi connectivity index (χ2v) is 27.7. The van der Waals surface area contributed by atoms with E-state index in [1.807, 2.05) is 0 Å². The van der Waals surface area contributed by atoms with Crippen molar-refractivity contribution in [1.29, 1.82) is 0 Å². The van der Waals surface area contributed by atoms with E-state index >= 15 is 0 Å². The molecule has 3 atom stereocenters. The third-order valence-corrected chi connectivity index (χ3v) is 11.2. The standard InChI is InChI=1S/C22H44Cl6Si2/c1-4-7-9-10-13-21(14-16-29(23,24)25)19-22(15-17-30(26,27)28)18-20(11-6-3)12-8-5-2/h20-22H,4-19H2,1-3H3. The van der Waals surface area contributed by atoms with Crippen LogP contribution in [0.15, 0.2) is 0 Å². The molecule has 0 bridgehead atoms. The molecule has 0 spiro atoms. The molecule has 3 unspecified atom stereocenters. The lowest BCUT2D eigenvalue weighted by Gasteiger charge is -2.29. The first-order valence-electron chi connectivity index (χ1n) is 12.1. The van der Waals surface area contributed by atoms with Crippen molar-refractivity contribution < 1.29 is 0 Å². The summed E-state index contributed by atoms with van der Waals surface area (Å²) in [6.07, 6.45) is 17.4. The molecule has 0 nitrogen and oxygen atoms in total. The fourth-order valence-electron chi connectivity index (χ4n) is 4.53. The summed E-state index contributed by atoms with van der Waals surface area (Å²) in [7, 11) is 0. The third-order valence-electron chi connectivity index (χ3n) is 6.13. The highest BCUT2D eigenvalue weighted by Crippen LogP contribution is 2.38. The van der Waals surface area contributed by atoms with Gasteiger partial charge in [-0.1, -0.05) is 85.0 Å². The fraction of sp³-hybridized carbons (Fsp3) is 1.00. The van der Waals surface area contributed by atoms with Gasteiger partial charge in [-0.25, -0.2) is 0 Å². The van der Waals surface area contributed by atoms with E-state index in [0.29, 0.717) is 11.8 Å². The van der Waals surface area contributed by atoms with Crippen LogP contribution in [0.25, 0.3) is 0 Å². The molecule has 0 amide bonds. The molecule has 0 radical (unpaired) electrons. The van der Waals surface area contributed by atoms with Crippen molar-refractivity contribution >= 4 is 78.5 Å². The molecule has 182 valence electrons. The van der Waals surface area contributed by atoms with Gasteiger partial charge in [0, 0.05) is 0 Å². The molecule has 0 saturated carbocycles. The van der Waals surface area contributed by atoms with Crippen LogP contribution < -0.4 is 0 Å². The second-order valence-electron chi connectivity index (χ2n) is 9.16. The van der Waals surface area contributed by atoms with E-state index in [9.17, 15) is 0 Å². The zero-order chi connectivity index (χ0) is 23.0. The zero-order valence-electron chi connectivity index (χ0n) is 19.3. The summed E-state index contributed by atoms with van der Waals surface area (Å²) >= 11 is 37.4. The molecule has 0 aromatic carbocycles. The largest absolute Gasteiger partial charge is 0.341 e. The first-order chi connectivity index (χ1) is 14.0. The van der Waals surface area contributed by atoms with Gasteiger partial charge < -0.3 is 0 Å². The molecule has 0 fully saturated rings. The smallest absolute Gasteiger partial charge is 0.126 e. The Kier molecular flexibility index (Phi) is 19.8. The number of unbranched alkanes of at least 4 members (excludes halogenated alkanes) is 4. The predicted octanol–water partition coefficient (Wildman–Crippen LogP) is 11.7. The first kappa shape index (κ1) is 32.2. The highest BCUT2D eigenvalue weighted by atomic mass is 35.8. The molecule has 0 aliphatic rings. The van der Waals surface area contributed by atoms with Crippen LogP contribution >= 0.6 is 66.5 Å². The zero-order valence-corrected chi connectivity index (χ0v) is 25.8. The Hall–Kier alpha value is 2.17. The number of hydrogen-bond acceptors (Lipinski definition) is 0. The van der Waals surface area contributed by atoms with Gasteiger partial charge >= 0.3 is 12.0 Å². The highest BCUT2D eigenvalue weighted by molar-refractivity contribution is 7.65. The van der Waals surface area contributed by atoms with Crippen LogP contribution in [0, 0.1) is 17.8 Å². The Morgan fingerprint density at radius 1 is 0.467 bits per heavy atom. The molecule has 0 aliphatic carbocycles. The average molecular weight is 577 g/mol. The van der Waals surface area contributed by atoms with E-state index in [1.165, 1.54) is 77.0 Å². The summed E-state index contributed by atoms with van der Waals surface area (Å²) in [5.41, 5.74) is 0. The quantitative estimate of drug-likeness (QED) is 0.0767. The number of halogens is 6. The van der Waals surface area contributed by atoms with Crippen LogP contribution in [0.2, 0.25) is 12.1 Å². The van der Waals surface area contributed by atoms with Crippen molar-refractivity contribution in [3.8, 4) is 0 Å². The molecule has 0 N–H and O–H groups in total. The van der Waals surface area contributed by atoms with Crippen LogP contribution in [-0.2, 0) is 0 Å². The van der Waals surface area contributed by atoms with Crippen molar-refractivity contribution in [3.05, 3.63) is 0 Å². The molecule has 0 rings (SSSR count). The predicted molar refractivity (Wildman–Crippen MR) is 148 cm³/mol. The molecular weight excluding hydrogens is 533 g/mol. The lowest BCUT2D eigenvalue weighted by molar-refractivity contribution is 0.260. The molecule has 0 aliphatic heterocycles. The Morgan fingerprint density at radius 3 is 1.40 bits per heavy atom. The van der Waals surface area contributed by atoms with Gasteiger partial charge in [-0.05, 0) is 55.5 Å². The first-order valence-corrected chi connectivity index (χ1v) is 22.6. The topological polar surface area (TPSA) is 0 Å². The summed E-state index contributed by atoms with van der Waals surface area (Å²) in [4.78, 5) is 0. The van der Waals surface area contributed by atoms with Gasteiger partial charge in [0.15, 0.2) is 0 Å². The summed E-state index contributed by atoms with van der Waals surface area (Å²) in [5, 5.41) is 0. The summed E-state index contributed by atoms with van der Waals surface area (Å²) in [6.45, 7) is 6.83. The lowest BCUT2D eigenvalue weighted by Crippen LogP contribution is -2.19. The summed E-state index contributed by atoms with van der Waals surface area (Å²) < 4.78 is 0. The van der Waals surface area contributed by atoms with Crippen LogP contribution in [0.4, 0.5) is 0 Å². The van der Waals surface area contributed by atoms with Gasteiger partial charge in [0.2, 0.25) is 0 Å². The molecule has 0 aromatic heterocycles. The van der Waals surface area contributed by atoms with E-state index in [0.717, 1.165) is 30.8 Å². The van der Waals surface area contributed by atoms with Crippen molar-refractivity contribution in [2.24, 2.45) is 17.8 Å². The fourth-order valence-corrected chi connectivity index (χ4v) is 7.97. The maximum Gasteiger partial charge on any atom is 0.341 e. The third kappa shape index (κ3) is 20.8. The van der Waals surface area contributed by atoms with Gasteiger partial charge in [-0.3, -0.25) is 0 Å².